The standard InChI is InChI=1S/C23H19N3S2/c1-3-5-16-7-9-19(15(2)12-16)22-25-23(28-26-22)17-8-10-20(18(13-17)14-24)21-6-4-11-27-21/h4,6-13H,3,5H2,1-2H3. The number of nitriles is 1. The number of benzene rings is 2. The summed E-state index contributed by atoms with van der Waals surface area (Å²) in [6.45, 7) is 4.30. The summed E-state index contributed by atoms with van der Waals surface area (Å²) >= 11 is 3.01. The van der Waals surface area contributed by atoms with Gasteiger partial charge in [-0.15, -0.1) is 11.3 Å². The first-order valence-electron chi connectivity index (χ1n) is 9.21. The van der Waals surface area contributed by atoms with Gasteiger partial charge in [-0.05, 0) is 53.5 Å². The van der Waals surface area contributed by atoms with Crippen molar-refractivity contribution in [3.8, 4) is 38.5 Å². The minimum atomic E-state index is 0.664. The van der Waals surface area contributed by atoms with Crippen LogP contribution in [0, 0.1) is 18.3 Å². The van der Waals surface area contributed by atoms with E-state index in [0.717, 1.165) is 45.2 Å². The van der Waals surface area contributed by atoms with Crippen molar-refractivity contribution in [1.29, 1.82) is 5.26 Å². The van der Waals surface area contributed by atoms with Gasteiger partial charge >= 0.3 is 0 Å². The molecule has 0 unspecified atom stereocenters. The third kappa shape index (κ3) is 3.62. The zero-order valence-electron chi connectivity index (χ0n) is 15.8. The fraction of sp³-hybridized carbons (Fsp3) is 0.174. The fourth-order valence-electron chi connectivity index (χ4n) is 3.29. The van der Waals surface area contributed by atoms with Crippen molar-refractivity contribution in [1.82, 2.24) is 9.36 Å². The lowest BCUT2D eigenvalue weighted by Crippen LogP contribution is -1.90. The molecule has 0 saturated carbocycles. The highest BCUT2D eigenvalue weighted by Gasteiger charge is 2.13. The topological polar surface area (TPSA) is 49.6 Å². The van der Waals surface area contributed by atoms with Crippen LogP contribution in [0.15, 0.2) is 53.9 Å². The zero-order chi connectivity index (χ0) is 19.5. The molecule has 0 atom stereocenters. The number of nitrogens with zero attached hydrogens (tertiary/aromatic N) is 3. The van der Waals surface area contributed by atoms with Gasteiger partial charge in [-0.3, -0.25) is 0 Å². The number of hydrogen-bond donors (Lipinski definition) is 0. The van der Waals surface area contributed by atoms with Crippen molar-refractivity contribution in [2.24, 2.45) is 0 Å². The van der Waals surface area contributed by atoms with Gasteiger partial charge in [0, 0.05) is 21.6 Å². The molecule has 0 aliphatic carbocycles. The zero-order valence-corrected chi connectivity index (χ0v) is 17.4. The SMILES string of the molecule is CCCc1ccc(-c2nsc(-c3ccc(-c4cccs4)c(C#N)c3)n2)c(C)c1. The molecule has 4 rings (SSSR count). The molecule has 0 aliphatic heterocycles. The molecule has 0 spiro atoms. The van der Waals surface area contributed by atoms with Gasteiger partial charge in [-0.1, -0.05) is 49.7 Å². The molecule has 5 heteroatoms. The van der Waals surface area contributed by atoms with E-state index in [1.165, 1.54) is 22.7 Å². The Morgan fingerprint density at radius 3 is 2.64 bits per heavy atom. The molecule has 0 fully saturated rings. The Labute approximate surface area is 173 Å². The van der Waals surface area contributed by atoms with E-state index in [2.05, 4.69) is 42.5 Å². The van der Waals surface area contributed by atoms with Gasteiger partial charge in [0.2, 0.25) is 0 Å². The predicted octanol–water partition coefficient (Wildman–Crippen LogP) is 6.73. The Balaban J connectivity index is 1.67. The second-order valence-electron chi connectivity index (χ2n) is 6.67. The molecule has 4 aromatic rings. The van der Waals surface area contributed by atoms with Crippen molar-refractivity contribution >= 4 is 22.9 Å². The van der Waals surface area contributed by atoms with Crippen molar-refractivity contribution in [2.45, 2.75) is 26.7 Å². The highest BCUT2D eigenvalue weighted by molar-refractivity contribution is 7.13. The van der Waals surface area contributed by atoms with Gasteiger partial charge in [0.25, 0.3) is 0 Å². The van der Waals surface area contributed by atoms with Crippen LogP contribution in [0.4, 0.5) is 0 Å². The Morgan fingerprint density at radius 1 is 1.07 bits per heavy atom. The Bertz CT molecular complexity index is 1150. The van der Waals surface area contributed by atoms with Crippen LogP contribution in [0.5, 0.6) is 0 Å². The normalized spacial score (nSPS) is 10.8. The molecule has 28 heavy (non-hydrogen) atoms. The van der Waals surface area contributed by atoms with E-state index in [1.807, 2.05) is 35.7 Å². The maximum Gasteiger partial charge on any atom is 0.173 e. The van der Waals surface area contributed by atoms with Gasteiger partial charge in [-0.25, -0.2) is 4.98 Å². The fourth-order valence-corrected chi connectivity index (χ4v) is 4.73. The quantitative estimate of drug-likeness (QED) is 0.372. The van der Waals surface area contributed by atoms with Gasteiger partial charge in [0.15, 0.2) is 5.82 Å². The van der Waals surface area contributed by atoms with Crippen molar-refractivity contribution in [3.63, 3.8) is 0 Å². The Hall–Kier alpha value is -2.81. The summed E-state index contributed by atoms with van der Waals surface area (Å²) in [5.74, 6) is 0.751. The molecule has 0 aliphatic rings. The first kappa shape index (κ1) is 18.5. The molecular weight excluding hydrogens is 382 g/mol. The smallest absolute Gasteiger partial charge is 0.173 e. The van der Waals surface area contributed by atoms with Gasteiger partial charge < -0.3 is 0 Å². The molecule has 3 nitrogen and oxygen atoms in total. The Kier molecular flexibility index (Phi) is 5.34. The van der Waals surface area contributed by atoms with Crippen LogP contribution in [0.2, 0.25) is 0 Å². The monoisotopic (exact) mass is 401 g/mol. The molecule has 2 aromatic carbocycles. The Morgan fingerprint density at radius 2 is 1.93 bits per heavy atom. The van der Waals surface area contributed by atoms with E-state index in [0.29, 0.717) is 5.56 Å². The van der Waals surface area contributed by atoms with Crippen molar-refractivity contribution < 1.29 is 0 Å². The van der Waals surface area contributed by atoms with Crippen LogP contribution in [0.3, 0.4) is 0 Å². The second-order valence-corrected chi connectivity index (χ2v) is 8.37. The van der Waals surface area contributed by atoms with Crippen LogP contribution in [-0.2, 0) is 6.42 Å². The van der Waals surface area contributed by atoms with Crippen LogP contribution < -0.4 is 0 Å². The summed E-state index contributed by atoms with van der Waals surface area (Å²) in [4.78, 5) is 5.86. The number of thiophene rings is 1. The van der Waals surface area contributed by atoms with E-state index < -0.39 is 0 Å². The number of aromatic nitrogens is 2. The highest BCUT2D eigenvalue weighted by Crippen LogP contribution is 2.33. The molecule has 0 amide bonds. The van der Waals surface area contributed by atoms with Gasteiger partial charge in [0.05, 0.1) is 11.6 Å². The van der Waals surface area contributed by atoms with Crippen LogP contribution >= 0.6 is 22.9 Å². The average molecular weight is 402 g/mol. The lowest BCUT2D eigenvalue weighted by atomic mass is 10.0. The predicted molar refractivity (Wildman–Crippen MR) is 118 cm³/mol. The summed E-state index contributed by atoms with van der Waals surface area (Å²) in [6.07, 6.45) is 2.23. The summed E-state index contributed by atoms with van der Waals surface area (Å²) in [5.41, 5.74) is 6.17. The minimum Gasteiger partial charge on any atom is -0.215 e. The lowest BCUT2D eigenvalue weighted by molar-refractivity contribution is 0.920. The number of rotatable bonds is 5. The third-order valence-corrected chi connectivity index (χ3v) is 6.34. The highest BCUT2D eigenvalue weighted by atomic mass is 32.1. The van der Waals surface area contributed by atoms with Gasteiger partial charge in [0.1, 0.15) is 5.01 Å². The maximum absolute atomic E-state index is 9.60. The van der Waals surface area contributed by atoms with Crippen molar-refractivity contribution in [2.75, 3.05) is 0 Å². The molecule has 0 bridgehead atoms. The third-order valence-electron chi connectivity index (χ3n) is 4.67. The largest absolute Gasteiger partial charge is 0.215 e. The van der Waals surface area contributed by atoms with Crippen LogP contribution in [0.1, 0.15) is 30.0 Å². The number of aryl methyl sites for hydroxylation is 2. The average Bonchev–Trinajstić information content (AvgIpc) is 3.40. The molecule has 0 N–H and O–H groups in total. The van der Waals surface area contributed by atoms with Gasteiger partial charge in [-0.2, -0.15) is 9.64 Å². The summed E-state index contributed by atoms with van der Waals surface area (Å²) in [6, 6.07) is 18.8. The molecule has 2 heterocycles. The minimum absolute atomic E-state index is 0.664. The van der Waals surface area contributed by atoms with E-state index in [-0.39, 0.29) is 0 Å². The second kappa shape index (κ2) is 8.05. The van der Waals surface area contributed by atoms with E-state index in [1.54, 1.807) is 11.3 Å². The number of hydrogen-bond acceptors (Lipinski definition) is 5. The van der Waals surface area contributed by atoms with Crippen LogP contribution in [-0.4, -0.2) is 9.36 Å². The first-order chi connectivity index (χ1) is 13.7. The first-order valence-corrected chi connectivity index (χ1v) is 10.9. The van der Waals surface area contributed by atoms with Crippen LogP contribution in [0.25, 0.3) is 32.4 Å². The molecule has 0 radical (unpaired) electrons. The molecule has 138 valence electrons. The van der Waals surface area contributed by atoms with E-state index in [9.17, 15) is 5.26 Å². The maximum atomic E-state index is 9.60. The summed E-state index contributed by atoms with van der Waals surface area (Å²) in [7, 11) is 0. The van der Waals surface area contributed by atoms with Crippen molar-refractivity contribution in [3.05, 3.63) is 70.6 Å². The van der Waals surface area contributed by atoms with E-state index in [4.69, 9.17) is 4.98 Å². The summed E-state index contributed by atoms with van der Waals surface area (Å²) < 4.78 is 4.58. The molecular formula is C23H19N3S2. The van der Waals surface area contributed by atoms with E-state index >= 15 is 0 Å². The lowest BCUT2D eigenvalue weighted by Gasteiger charge is -2.05. The molecule has 2 aromatic heterocycles. The summed E-state index contributed by atoms with van der Waals surface area (Å²) in [5, 5.41) is 12.5. The molecule has 0 saturated heterocycles.